The Balaban J connectivity index is 1.71. The molecular formula is C16H19NO4. The van der Waals surface area contributed by atoms with Gasteiger partial charge in [0.25, 0.3) is 5.91 Å². The van der Waals surface area contributed by atoms with E-state index in [0.717, 1.165) is 12.8 Å². The third-order valence-corrected chi connectivity index (χ3v) is 4.20. The SMILES string of the molecule is O=C(O)CC1CCCN1C(=O)C1(Oc2ccccc2)CC1. The van der Waals surface area contributed by atoms with Crippen molar-refractivity contribution in [2.75, 3.05) is 6.54 Å². The first-order chi connectivity index (χ1) is 10.1. The first-order valence-corrected chi connectivity index (χ1v) is 7.38. The molecule has 1 atom stereocenters. The van der Waals surface area contributed by atoms with Gasteiger partial charge in [-0.2, -0.15) is 0 Å². The second kappa shape index (κ2) is 5.39. The summed E-state index contributed by atoms with van der Waals surface area (Å²) in [4.78, 5) is 25.4. The molecule has 2 aliphatic rings. The van der Waals surface area contributed by atoms with Crippen LogP contribution in [0.2, 0.25) is 0 Å². The molecular weight excluding hydrogens is 270 g/mol. The molecule has 0 bridgehead atoms. The summed E-state index contributed by atoms with van der Waals surface area (Å²) in [5, 5.41) is 8.96. The van der Waals surface area contributed by atoms with Crippen molar-refractivity contribution < 1.29 is 19.4 Å². The predicted octanol–water partition coefficient (Wildman–Crippen LogP) is 2.06. The number of likely N-dealkylation sites (tertiary alicyclic amines) is 1. The van der Waals surface area contributed by atoms with Crippen molar-refractivity contribution in [3.8, 4) is 5.75 Å². The van der Waals surface area contributed by atoms with Crippen LogP contribution in [0.3, 0.4) is 0 Å². The molecule has 1 aliphatic carbocycles. The fraction of sp³-hybridized carbons (Fsp3) is 0.500. The summed E-state index contributed by atoms with van der Waals surface area (Å²) < 4.78 is 5.90. The zero-order valence-electron chi connectivity index (χ0n) is 11.8. The van der Waals surface area contributed by atoms with E-state index in [1.165, 1.54) is 0 Å². The fourth-order valence-electron chi connectivity index (χ4n) is 2.97. The molecule has 0 radical (unpaired) electrons. The van der Waals surface area contributed by atoms with Gasteiger partial charge in [-0.15, -0.1) is 0 Å². The van der Waals surface area contributed by atoms with Crippen molar-refractivity contribution in [3.63, 3.8) is 0 Å². The predicted molar refractivity (Wildman–Crippen MR) is 76.0 cm³/mol. The summed E-state index contributed by atoms with van der Waals surface area (Å²) in [6, 6.07) is 9.14. The van der Waals surface area contributed by atoms with Crippen LogP contribution in [0.25, 0.3) is 0 Å². The third kappa shape index (κ3) is 2.86. The highest BCUT2D eigenvalue weighted by atomic mass is 16.5. The molecule has 1 aromatic rings. The summed E-state index contributed by atoms with van der Waals surface area (Å²) in [6.45, 7) is 0.636. The molecule has 112 valence electrons. The summed E-state index contributed by atoms with van der Waals surface area (Å²) >= 11 is 0. The van der Waals surface area contributed by atoms with E-state index in [9.17, 15) is 9.59 Å². The van der Waals surface area contributed by atoms with Gasteiger partial charge in [0.15, 0.2) is 5.60 Å². The maximum Gasteiger partial charge on any atom is 0.305 e. The highest BCUT2D eigenvalue weighted by molar-refractivity contribution is 5.89. The lowest BCUT2D eigenvalue weighted by molar-refractivity contribution is -0.144. The number of amides is 1. The van der Waals surface area contributed by atoms with Crippen LogP contribution in [0.5, 0.6) is 5.75 Å². The van der Waals surface area contributed by atoms with Gasteiger partial charge in [0.05, 0.1) is 6.42 Å². The van der Waals surface area contributed by atoms with Gasteiger partial charge >= 0.3 is 5.97 Å². The number of carboxylic acids is 1. The van der Waals surface area contributed by atoms with Gasteiger partial charge in [-0.1, -0.05) is 18.2 Å². The van der Waals surface area contributed by atoms with E-state index >= 15 is 0 Å². The second-order valence-corrected chi connectivity index (χ2v) is 5.80. The molecule has 1 saturated heterocycles. The molecule has 1 heterocycles. The van der Waals surface area contributed by atoms with Crippen molar-refractivity contribution in [2.24, 2.45) is 0 Å². The van der Waals surface area contributed by atoms with Gasteiger partial charge < -0.3 is 14.7 Å². The number of ether oxygens (including phenoxy) is 1. The van der Waals surface area contributed by atoms with Crippen LogP contribution in [0, 0.1) is 0 Å². The first kappa shape index (κ1) is 13.9. The van der Waals surface area contributed by atoms with Crippen molar-refractivity contribution in [2.45, 2.75) is 43.7 Å². The highest BCUT2D eigenvalue weighted by Gasteiger charge is 2.56. The van der Waals surface area contributed by atoms with Crippen molar-refractivity contribution in [3.05, 3.63) is 30.3 Å². The number of nitrogens with zero attached hydrogens (tertiary/aromatic N) is 1. The van der Waals surface area contributed by atoms with Gasteiger partial charge in [-0.05, 0) is 25.0 Å². The molecule has 5 heteroatoms. The molecule has 1 N–H and O–H groups in total. The fourth-order valence-corrected chi connectivity index (χ4v) is 2.97. The molecule has 2 fully saturated rings. The van der Waals surface area contributed by atoms with Gasteiger partial charge in [-0.3, -0.25) is 9.59 Å². The Bertz CT molecular complexity index is 538. The lowest BCUT2D eigenvalue weighted by Gasteiger charge is -2.28. The molecule has 3 rings (SSSR count). The van der Waals surface area contributed by atoms with Crippen molar-refractivity contribution in [1.82, 2.24) is 4.90 Å². The first-order valence-electron chi connectivity index (χ1n) is 7.38. The van der Waals surface area contributed by atoms with Crippen LogP contribution in [0.4, 0.5) is 0 Å². The minimum Gasteiger partial charge on any atom is -0.481 e. The van der Waals surface area contributed by atoms with Crippen LogP contribution in [-0.4, -0.2) is 40.1 Å². The lowest BCUT2D eigenvalue weighted by Crippen LogP contribution is -2.46. The molecule has 1 unspecified atom stereocenters. The zero-order chi connectivity index (χ0) is 14.9. The van der Waals surface area contributed by atoms with Crippen LogP contribution in [0.1, 0.15) is 32.1 Å². The van der Waals surface area contributed by atoms with E-state index in [4.69, 9.17) is 9.84 Å². The standard InChI is InChI=1S/C16H19NO4/c18-14(19)11-12-5-4-10-17(12)15(20)16(8-9-16)21-13-6-2-1-3-7-13/h1-3,6-7,12H,4-5,8-11H2,(H,18,19). The largest absolute Gasteiger partial charge is 0.481 e. The molecule has 5 nitrogen and oxygen atoms in total. The number of para-hydroxylation sites is 1. The topological polar surface area (TPSA) is 66.8 Å². The van der Waals surface area contributed by atoms with Gasteiger partial charge in [-0.25, -0.2) is 0 Å². The van der Waals surface area contributed by atoms with Crippen LogP contribution >= 0.6 is 0 Å². The Labute approximate surface area is 123 Å². The highest BCUT2D eigenvalue weighted by Crippen LogP contribution is 2.43. The Morgan fingerprint density at radius 2 is 2.00 bits per heavy atom. The van der Waals surface area contributed by atoms with Crippen LogP contribution in [-0.2, 0) is 9.59 Å². The smallest absolute Gasteiger partial charge is 0.305 e. The summed E-state index contributed by atoms with van der Waals surface area (Å²) in [7, 11) is 0. The number of hydrogen-bond donors (Lipinski definition) is 1. The monoisotopic (exact) mass is 289 g/mol. The number of rotatable bonds is 5. The third-order valence-electron chi connectivity index (χ3n) is 4.20. The van der Waals surface area contributed by atoms with E-state index in [2.05, 4.69) is 0 Å². The zero-order valence-corrected chi connectivity index (χ0v) is 11.8. The minimum atomic E-state index is -0.853. The number of benzene rings is 1. The molecule has 0 spiro atoms. The summed E-state index contributed by atoms with van der Waals surface area (Å²) in [5.74, 6) is -0.207. The van der Waals surface area contributed by atoms with E-state index in [1.807, 2.05) is 30.3 Å². The molecule has 21 heavy (non-hydrogen) atoms. The average molecular weight is 289 g/mol. The summed E-state index contributed by atoms with van der Waals surface area (Å²) in [6.07, 6.45) is 3.06. The molecule has 0 aromatic heterocycles. The van der Waals surface area contributed by atoms with Crippen LogP contribution in [0.15, 0.2) is 30.3 Å². The summed E-state index contributed by atoms with van der Waals surface area (Å²) in [5.41, 5.74) is -0.761. The van der Waals surface area contributed by atoms with Crippen molar-refractivity contribution in [1.29, 1.82) is 0 Å². The molecule has 1 aliphatic heterocycles. The van der Waals surface area contributed by atoms with E-state index < -0.39 is 11.6 Å². The molecule has 1 saturated carbocycles. The normalized spacial score (nSPS) is 22.9. The minimum absolute atomic E-state index is 0.0210. The molecule has 1 amide bonds. The van der Waals surface area contributed by atoms with Gasteiger partial charge in [0.1, 0.15) is 5.75 Å². The van der Waals surface area contributed by atoms with E-state index in [0.29, 0.717) is 25.1 Å². The van der Waals surface area contributed by atoms with Crippen molar-refractivity contribution >= 4 is 11.9 Å². The second-order valence-electron chi connectivity index (χ2n) is 5.80. The lowest BCUT2D eigenvalue weighted by atomic mass is 10.1. The quantitative estimate of drug-likeness (QED) is 0.901. The average Bonchev–Trinajstić information content (AvgIpc) is 3.10. The Hall–Kier alpha value is -2.04. The Morgan fingerprint density at radius 3 is 2.62 bits per heavy atom. The number of aliphatic carboxylic acids is 1. The Morgan fingerprint density at radius 1 is 1.29 bits per heavy atom. The van der Waals surface area contributed by atoms with Crippen LogP contribution < -0.4 is 4.74 Å². The molecule has 1 aromatic carbocycles. The van der Waals surface area contributed by atoms with E-state index in [1.54, 1.807) is 4.90 Å². The Kier molecular flexibility index (Phi) is 3.57. The maximum atomic E-state index is 12.7. The number of carboxylic acid groups (broad SMARTS) is 1. The maximum absolute atomic E-state index is 12.7. The van der Waals surface area contributed by atoms with E-state index in [-0.39, 0.29) is 18.4 Å². The van der Waals surface area contributed by atoms with Gasteiger partial charge in [0.2, 0.25) is 0 Å². The number of carbonyl (C=O) groups is 2. The number of hydrogen-bond acceptors (Lipinski definition) is 3. The number of carbonyl (C=O) groups excluding carboxylic acids is 1. The van der Waals surface area contributed by atoms with Gasteiger partial charge in [0, 0.05) is 25.4 Å².